The summed E-state index contributed by atoms with van der Waals surface area (Å²) in [7, 11) is 1.58. The highest BCUT2D eigenvalue weighted by Gasteiger charge is 2.34. The number of hydrogen-bond acceptors (Lipinski definition) is 5. The van der Waals surface area contributed by atoms with Crippen LogP contribution >= 0.6 is 0 Å². The highest BCUT2D eigenvalue weighted by Crippen LogP contribution is 2.24. The van der Waals surface area contributed by atoms with E-state index in [0.717, 1.165) is 32.5 Å². The third-order valence-corrected chi connectivity index (χ3v) is 3.70. The van der Waals surface area contributed by atoms with Crippen LogP contribution in [-0.4, -0.2) is 53.6 Å². The fraction of sp³-hybridized carbons (Fsp3) is 0.643. The summed E-state index contributed by atoms with van der Waals surface area (Å²) in [6.07, 6.45) is 3.51. The SMILES string of the molecule is CCN(CC)C(=O)C1CCCN1c1nccc(OC)n1. The highest BCUT2D eigenvalue weighted by molar-refractivity contribution is 5.85. The van der Waals surface area contributed by atoms with Crippen LogP contribution in [0.2, 0.25) is 0 Å². The standard InChI is InChI=1S/C14H22N4O2/c1-4-17(5-2)13(19)11-7-6-10-18(11)14-15-9-8-12(16-14)20-3/h8-9,11H,4-7,10H2,1-3H3. The Hall–Kier alpha value is -1.85. The molecule has 6 nitrogen and oxygen atoms in total. The van der Waals surface area contributed by atoms with Gasteiger partial charge in [-0.1, -0.05) is 0 Å². The van der Waals surface area contributed by atoms with Gasteiger partial charge in [0.1, 0.15) is 6.04 Å². The van der Waals surface area contributed by atoms with Gasteiger partial charge in [0.15, 0.2) is 0 Å². The van der Waals surface area contributed by atoms with Crippen molar-refractivity contribution < 1.29 is 9.53 Å². The normalized spacial score (nSPS) is 18.1. The van der Waals surface area contributed by atoms with Crippen LogP contribution in [0.4, 0.5) is 5.95 Å². The van der Waals surface area contributed by atoms with Crippen LogP contribution in [-0.2, 0) is 4.79 Å². The van der Waals surface area contributed by atoms with Crippen LogP contribution in [0.5, 0.6) is 5.88 Å². The Bertz CT molecular complexity index is 462. The Balaban J connectivity index is 2.20. The average Bonchev–Trinajstić information content (AvgIpc) is 2.98. The van der Waals surface area contributed by atoms with E-state index in [1.54, 1.807) is 19.4 Å². The summed E-state index contributed by atoms with van der Waals surface area (Å²) in [5.74, 6) is 1.27. The van der Waals surface area contributed by atoms with Gasteiger partial charge in [-0.2, -0.15) is 4.98 Å². The van der Waals surface area contributed by atoms with Gasteiger partial charge in [-0.25, -0.2) is 4.98 Å². The van der Waals surface area contributed by atoms with Crippen LogP contribution in [0.3, 0.4) is 0 Å². The largest absolute Gasteiger partial charge is 0.481 e. The molecule has 1 atom stereocenters. The van der Waals surface area contributed by atoms with Gasteiger partial charge in [-0.15, -0.1) is 0 Å². The van der Waals surface area contributed by atoms with E-state index < -0.39 is 0 Å². The number of rotatable bonds is 5. The lowest BCUT2D eigenvalue weighted by atomic mass is 10.2. The zero-order valence-electron chi connectivity index (χ0n) is 12.4. The van der Waals surface area contributed by atoms with Crippen molar-refractivity contribution >= 4 is 11.9 Å². The predicted molar refractivity (Wildman–Crippen MR) is 76.9 cm³/mol. The first-order valence-corrected chi connectivity index (χ1v) is 7.13. The van der Waals surface area contributed by atoms with Crippen molar-refractivity contribution in [3.05, 3.63) is 12.3 Å². The molecule has 6 heteroatoms. The van der Waals surface area contributed by atoms with E-state index in [2.05, 4.69) is 9.97 Å². The number of nitrogens with zero attached hydrogens (tertiary/aromatic N) is 4. The van der Waals surface area contributed by atoms with Crippen molar-refractivity contribution in [1.29, 1.82) is 0 Å². The number of hydrogen-bond donors (Lipinski definition) is 0. The molecule has 0 aliphatic carbocycles. The molecular formula is C14H22N4O2. The number of methoxy groups -OCH3 is 1. The van der Waals surface area contributed by atoms with Gasteiger partial charge in [0.25, 0.3) is 0 Å². The molecule has 0 bridgehead atoms. The van der Waals surface area contributed by atoms with E-state index in [-0.39, 0.29) is 11.9 Å². The lowest BCUT2D eigenvalue weighted by molar-refractivity contribution is -0.132. The molecule has 110 valence electrons. The molecule has 1 fully saturated rings. The fourth-order valence-corrected chi connectivity index (χ4v) is 2.59. The topological polar surface area (TPSA) is 58.6 Å². The highest BCUT2D eigenvalue weighted by atomic mass is 16.5. The summed E-state index contributed by atoms with van der Waals surface area (Å²) >= 11 is 0. The van der Waals surface area contributed by atoms with Crippen molar-refractivity contribution in [2.45, 2.75) is 32.7 Å². The van der Waals surface area contributed by atoms with Crippen LogP contribution in [0.1, 0.15) is 26.7 Å². The number of carbonyl (C=O) groups excluding carboxylic acids is 1. The molecule has 2 rings (SSSR count). The Kier molecular flexibility index (Phi) is 4.76. The molecule has 1 aromatic rings. The maximum atomic E-state index is 12.5. The van der Waals surface area contributed by atoms with E-state index in [0.29, 0.717) is 11.8 Å². The molecule has 1 unspecified atom stereocenters. The molecule has 0 spiro atoms. The van der Waals surface area contributed by atoms with Crippen molar-refractivity contribution in [2.75, 3.05) is 31.6 Å². The Morgan fingerprint density at radius 2 is 2.25 bits per heavy atom. The third kappa shape index (κ3) is 2.84. The Morgan fingerprint density at radius 1 is 1.50 bits per heavy atom. The van der Waals surface area contributed by atoms with Gasteiger partial charge in [0.05, 0.1) is 7.11 Å². The molecule has 1 saturated heterocycles. The molecule has 1 amide bonds. The second-order valence-corrected chi connectivity index (χ2v) is 4.76. The van der Waals surface area contributed by atoms with Crippen molar-refractivity contribution in [3.8, 4) is 5.88 Å². The average molecular weight is 278 g/mol. The maximum Gasteiger partial charge on any atom is 0.245 e. The van der Waals surface area contributed by atoms with Crippen molar-refractivity contribution in [1.82, 2.24) is 14.9 Å². The van der Waals surface area contributed by atoms with Crippen LogP contribution < -0.4 is 9.64 Å². The Labute approximate surface area is 119 Å². The molecule has 2 heterocycles. The van der Waals surface area contributed by atoms with Gasteiger partial charge in [0, 0.05) is 31.9 Å². The van der Waals surface area contributed by atoms with E-state index in [1.165, 1.54) is 0 Å². The summed E-state index contributed by atoms with van der Waals surface area (Å²) < 4.78 is 5.13. The zero-order chi connectivity index (χ0) is 14.5. The van der Waals surface area contributed by atoms with Crippen molar-refractivity contribution in [3.63, 3.8) is 0 Å². The summed E-state index contributed by atoms with van der Waals surface area (Å²) in [5, 5.41) is 0. The summed E-state index contributed by atoms with van der Waals surface area (Å²) in [5.41, 5.74) is 0. The number of likely N-dealkylation sites (N-methyl/N-ethyl adjacent to an activating group) is 1. The minimum atomic E-state index is -0.151. The van der Waals surface area contributed by atoms with Gasteiger partial charge >= 0.3 is 0 Å². The lowest BCUT2D eigenvalue weighted by Crippen LogP contribution is -2.46. The van der Waals surface area contributed by atoms with Crippen LogP contribution in [0.25, 0.3) is 0 Å². The molecule has 0 saturated carbocycles. The summed E-state index contributed by atoms with van der Waals surface area (Å²) in [6, 6.07) is 1.56. The van der Waals surface area contributed by atoms with Crippen molar-refractivity contribution in [2.24, 2.45) is 0 Å². The first-order chi connectivity index (χ1) is 9.71. The number of aromatic nitrogens is 2. The van der Waals surface area contributed by atoms with Crippen LogP contribution in [0.15, 0.2) is 12.3 Å². The molecule has 1 aliphatic heterocycles. The van der Waals surface area contributed by atoms with Gasteiger partial charge < -0.3 is 14.5 Å². The predicted octanol–water partition coefficient (Wildman–Crippen LogP) is 1.32. The quantitative estimate of drug-likeness (QED) is 0.813. The second-order valence-electron chi connectivity index (χ2n) is 4.76. The number of ether oxygens (including phenoxy) is 1. The molecule has 1 aromatic heterocycles. The monoisotopic (exact) mass is 278 g/mol. The molecule has 0 aromatic carbocycles. The third-order valence-electron chi connectivity index (χ3n) is 3.70. The van der Waals surface area contributed by atoms with E-state index in [9.17, 15) is 4.79 Å². The summed E-state index contributed by atoms with van der Waals surface area (Å²) in [6.45, 7) is 6.29. The second kappa shape index (κ2) is 6.54. The minimum Gasteiger partial charge on any atom is -0.481 e. The molecular weight excluding hydrogens is 256 g/mol. The molecule has 1 aliphatic rings. The van der Waals surface area contributed by atoms with Gasteiger partial charge in [0.2, 0.25) is 17.7 Å². The molecule has 0 radical (unpaired) electrons. The number of amides is 1. The minimum absolute atomic E-state index is 0.151. The number of anilines is 1. The first-order valence-electron chi connectivity index (χ1n) is 7.13. The Morgan fingerprint density at radius 3 is 2.90 bits per heavy atom. The van der Waals surface area contributed by atoms with E-state index in [1.807, 2.05) is 23.6 Å². The molecule has 0 N–H and O–H groups in total. The zero-order valence-corrected chi connectivity index (χ0v) is 12.4. The summed E-state index contributed by atoms with van der Waals surface area (Å²) in [4.78, 5) is 25.0. The first kappa shape index (κ1) is 14.6. The van der Waals surface area contributed by atoms with Crippen LogP contribution in [0, 0.1) is 0 Å². The van der Waals surface area contributed by atoms with Gasteiger partial charge in [-0.3, -0.25) is 4.79 Å². The fourth-order valence-electron chi connectivity index (χ4n) is 2.59. The smallest absolute Gasteiger partial charge is 0.245 e. The maximum absolute atomic E-state index is 12.5. The van der Waals surface area contributed by atoms with E-state index in [4.69, 9.17) is 4.74 Å². The molecule has 20 heavy (non-hydrogen) atoms. The number of carbonyl (C=O) groups is 1. The lowest BCUT2D eigenvalue weighted by Gasteiger charge is -2.29. The van der Waals surface area contributed by atoms with E-state index >= 15 is 0 Å². The van der Waals surface area contributed by atoms with Gasteiger partial charge in [-0.05, 0) is 26.7 Å².